The summed E-state index contributed by atoms with van der Waals surface area (Å²) in [5.41, 5.74) is 7.96. The lowest BCUT2D eigenvalue weighted by Gasteiger charge is -2.13. The average Bonchev–Trinajstić information content (AvgIpc) is 2.62. The summed E-state index contributed by atoms with van der Waals surface area (Å²) in [6.07, 6.45) is 5.48. The predicted molar refractivity (Wildman–Crippen MR) is 90.1 cm³/mol. The molecule has 0 heterocycles. The molecule has 0 fully saturated rings. The van der Waals surface area contributed by atoms with E-state index in [1.54, 1.807) is 0 Å². The number of hydrogen-bond donors (Lipinski definition) is 0. The van der Waals surface area contributed by atoms with Crippen LogP contribution in [0.3, 0.4) is 0 Å². The quantitative estimate of drug-likeness (QED) is 0.498. The van der Waals surface area contributed by atoms with Gasteiger partial charge in [0, 0.05) is 0 Å². The van der Waals surface area contributed by atoms with E-state index < -0.39 is 0 Å². The van der Waals surface area contributed by atoms with Gasteiger partial charge in [0.05, 0.1) is 0 Å². The highest BCUT2D eigenvalue weighted by atomic mass is 14.2. The van der Waals surface area contributed by atoms with Gasteiger partial charge in [-0.2, -0.15) is 0 Å². The second-order valence-electron chi connectivity index (χ2n) is 5.40. The van der Waals surface area contributed by atoms with E-state index in [4.69, 9.17) is 0 Å². The Bertz CT molecular complexity index is 825. The van der Waals surface area contributed by atoms with E-state index in [-0.39, 0.29) is 0 Å². The fraction of sp³-hybridized carbons (Fsp3) is 0.0476. The zero-order chi connectivity index (χ0) is 14.1. The van der Waals surface area contributed by atoms with Crippen molar-refractivity contribution in [3.05, 3.63) is 90.0 Å². The Morgan fingerprint density at radius 3 is 1.90 bits per heavy atom. The molecule has 0 aromatic heterocycles. The molecule has 3 aromatic rings. The minimum atomic E-state index is 0.971. The van der Waals surface area contributed by atoms with E-state index in [1.165, 1.54) is 33.4 Å². The van der Waals surface area contributed by atoms with Crippen molar-refractivity contribution in [3.63, 3.8) is 0 Å². The highest BCUT2D eigenvalue weighted by molar-refractivity contribution is 5.89. The van der Waals surface area contributed by atoms with Crippen LogP contribution in [0, 0.1) is 0 Å². The van der Waals surface area contributed by atoms with Crippen molar-refractivity contribution in [2.24, 2.45) is 0 Å². The smallest absolute Gasteiger partial charge is 0.00879 e. The highest BCUT2D eigenvalue weighted by Gasteiger charge is 2.13. The fourth-order valence-corrected chi connectivity index (χ4v) is 3.11. The Kier molecular flexibility index (Phi) is 2.93. The van der Waals surface area contributed by atoms with Crippen molar-refractivity contribution >= 4 is 6.08 Å². The summed E-state index contributed by atoms with van der Waals surface area (Å²) in [7, 11) is 0. The summed E-state index contributed by atoms with van der Waals surface area (Å²) < 4.78 is 0. The number of rotatable bonds is 0. The minimum Gasteiger partial charge on any atom is -0.0795 e. The van der Waals surface area contributed by atoms with Crippen molar-refractivity contribution < 1.29 is 0 Å². The highest BCUT2D eigenvalue weighted by Crippen LogP contribution is 2.37. The molecule has 0 atom stereocenters. The van der Waals surface area contributed by atoms with Crippen LogP contribution in [0.4, 0.5) is 0 Å². The molecular formula is C21H16. The molecule has 0 heteroatoms. The van der Waals surface area contributed by atoms with E-state index in [0.29, 0.717) is 0 Å². The molecule has 0 radical (unpaired) electrons. The molecule has 0 nitrogen and oxygen atoms in total. The van der Waals surface area contributed by atoms with Crippen LogP contribution < -0.4 is 0 Å². The largest absolute Gasteiger partial charge is 0.0795 e. The first kappa shape index (κ1) is 12.2. The summed E-state index contributed by atoms with van der Waals surface area (Å²) >= 11 is 0. The zero-order valence-corrected chi connectivity index (χ0v) is 11.8. The molecule has 1 aliphatic rings. The van der Waals surface area contributed by atoms with Gasteiger partial charge in [-0.05, 0) is 39.8 Å². The molecule has 0 aliphatic heterocycles. The van der Waals surface area contributed by atoms with Crippen LogP contribution >= 0.6 is 0 Å². The van der Waals surface area contributed by atoms with Crippen molar-refractivity contribution in [3.8, 4) is 22.3 Å². The van der Waals surface area contributed by atoms with E-state index >= 15 is 0 Å². The number of allylic oxidation sites excluding steroid dienone is 1. The van der Waals surface area contributed by atoms with Gasteiger partial charge < -0.3 is 0 Å². The maximum absolute atomic E-state index is 2.27. The normalized spacial score (nSPS) is 13.9. The van der Waals surface area contributed by atoms with Gasteiger partial charge in [0.25, 0.3) is 0 Å². The molecule has 100 valence electrons. The lowest BCUT2D eigenvalue weighted by molar-refractivity contribution is 1.28. The predicted octanol–water partition coefficient (Wildman–Crippen LogP) is 5.59. The van der Waals surface area contributed by atoms with Gasteiger partial charge in [-0.25, -0.2) is 0 Å². The monoisotopic (exact) mass is 268 g/mol. The molecule has 1 aliphatic carbocycles. The topological polar surface area (TPSA) is 0 Å². The van der Waals surface area contributed by atoms with Crippen LogP contribution in [0.1, 0.15) is 11.1 Å². The van der Waals surface area contributed by atoms with Gasteiger partial charge in [0.2, 0.25) is 0 Å². The Morgan fingerprint density at radius 2 is 1.10 bits per heavy atom. The molecule has 0 saturated carbocycles. The number of benzene rings is 3. The first-order chi connectivity index (χ1) is 10.4. The Morgan fingerprint density at radius 1 is 0.524 bits per heavy atom. The molecule has 0 saturated heterocycles. The fourth-order valence-electron chi connectivity index (χ4n) is 3.11. The SMILES string of the molecule is C1=C\c2ccccc2-c2ccccc2-c2ccccc2C/1. The van der Waals surface area contributed by atoms with Crippen molar-refractivity contribution in [2.45, 2.75) is 6.42 Å². The molecule has 0 amide bonds. The molecule has 0 bridgehead atoms. The Hall–Kier alpha value is -2.60. The molecule has 0 spiro atoms. The van der Waals surface area contributed by atoms with Crippen LogP contribution in [-0.2, 0) is 6.42 Å². The maximum atomic E-state index is 2.27. The van der Waals surface area contributed by atoms with Gasteiger partial charge in [-0.3, -0.25) is 0 Å². The number of hydrogen-bond acceptors (Lipinski definition) is 0. The van der Waals surface area contributed by atoms with Crippen molar-refractivity contribution in [1.29, 1.82) is 0 Å². The van der Waals surface area contributed by atoms with Crippen LogP contribution in [0.15, 0.2) is 78.9 Å². The van der Waals surface area contributed by atoms with E-state index in [0.717, 1.165) is 6.42 Å². The van der Waals surface area contributed by atoms with Gasteiger partial charge in [0.1, 0.15) is 0 Å². The molecule has 0 unspecified atom stereocenters. The van der Waals surface area contributed by atoms with E-state index in [2.05, 4.69) is 84.9 Å². The van der Waals surface area contributed by atoms with Crippen molar-refractivity contribution in [2.75, 3.05) is 0 Å². The molecule has 3 aromatic carbocycles. The second-order valence-corrected chi connectivity index (χ2v) is 5.40. The third kappa shape index (κ3) is 2.09. The van der Waals surface area contributed by atoms with Crippen LogP contribution in [-0.4, -0.2) is 0 Å². The number of fused-ring (bicyclic) bond motifs is 5. The third-order valence-corrected chi connectivity index (χ3v) is 4.12. The summed E-state index contributed by atoms with van der Waals surface area (Å²) in [5.74, 6) is 0. The van der Waals surface area contributed by atoms with Crippen LogP contribution in [0.2, 0.25) is 0 Å². The van der Waals surface area contributed by atoms with Gasteiger partial charge in [-0.15, -0.1) is 0 Å². The Labute approximate surface area is 125 Å². The first-order valence-corrected chi connectivity index (χ1v) is 7.37. The molecule has 21 heavy (non-hydrogen) atoms. The standard InChI is InChI=1S/C21H16/c1-3-12-18-16(8-1)10-7-11-17-9-2-4-13-19(17)21-15-6-5-14-20(18)21/h1-10,12-15H,11H2/b10-7-. The summed E-state index contributed by atoms with van der Waals surface area (Å²) in [6, 6.07) is 26.1. The molecule has 4 rings (SSSR count). The molecule has 0 N–H and O–H groups in total. The van der Waals surface area contributed by atoms with E-state index in [9.17, 15) is 0 Å². The zero-order valence-electron chi connectivity index (χ0n) is 11.8. The first-order valence-electron chi connectivity index (χ1n) is 7.37. The van der Waals surface area contributed by atoms with Crippen LogP contribution in [0.25, 0.3) is 28.3 Å². The maximum Gasteiger partial charge on any atom is -0.00879 e. The minimum absolute atomic E-state index is 0.971. The van der Waals surface area contributed by atoms with Crippen molar-refractivity contribution in [1.82, 2.24) is 0 Å². The molecular weight excluding hydrogens is 252 g/mol. The third-order valence-electron chi connectivity index (χ3n) is 4.12. The second kappa shape index (κ2) is 5.06. The lowest BCUT2D eigenvalue weighted by Crippen LogP contribution is -1.90. The lowest BCUT2D eigenvalue weighted by atomic mass is 9.90. The summed E-state index contributed by atoms with van der Waals surface area (Å²) in [5, 5.41) is 0. The summed E-state index contributed by atoms with van der Waals surface area (Å²) in [4.78, 5) is 0. The van der Waals surface area contributed by atoms with Gasteiger partial charge >= 0.3 is 0 Å². The van der Waals surface area contributed by atoms with Gasteiger partial charge in [0.15, 0.2) is 0 Å². The van der Waals surface area contributed by atoms with Crippen LogP contribution in [0.5, 0.6) is 0 Å². The van der Waals surface area contributed by atoms with E-state index in [1.807, 2.05) is 0 Å². The average molecular weight is 268 g/mol. The summed E-state index contributed by atoms with van der Waals surface area (Å²) in [6.45, 7) is 0. The van der Waals surface area contributed by atoms with Gasteiger partial charge in [-0.1, -0.05) is 84.9 Å². The Balaban J connectivity index is 2.09.